The summed E-state index contributed by atoms with van der Waals surface area (Å²) in [5, 5.41) is 22.0. The van der Waals surface area contributed by atoms with Crippen LogP contribution in [0.3, 0.4) is 0 Å². The van der Waals surface area contributed by atoms with Crippen molar-refractivity contribution in [3.8, 4) is 5.75 Å². The summed E-state index contributed by atoms with van der Waals surface area (Å²) < 4.78 is 26.9. The molecular weight excluding hydrogens is 314 g/mol. The van der Waals surface area contributed by atoms with Crippen LogP contribution in [-0.2, 0) is 10.0 Å². The Morgan fingerprint density at radius 2 is 2.05 bits per heavy atom. The highest BCUT2D eigenvalue weighted by molar-refractivity contribution is 7.89. The van der Waals surface area contributed by atoms with Gasteiger partial charge in [0.25, 0.3) is 0 Å². The summed E-state index contributed by atoms with van der Waals surface area (Å²) in [6, 6.07) is 4.50. The summed E-state index contributed by atoms with van der Waals surface area (Å²) in [7, 11) is -3.88. The molecule has 0 bridgehead atoms. The molecule has 8 heteroatoms. The highest BCUT2D eigenvalue weighted by atomic mass is 32.2. The third-order valence-electron chi connectivity index (χ3n) is 2.88. The van der Waals surface area contributed by atoms with Crippen molar-refractivity contribution in [1.29, 1.82) is 0 Å². The molecule has 2 aromatic rings. The molecule has 112 valence electrons. The van der Waals surface area contributed by atoms with E-state index < -0.39 is 33.3 Å². The summed E-state index contributed by atoms with van der Waals surface area (Å²) >= 11 is 1.45. The van der Waals surface area contributed by atoms with Crippen LogP contribution in [-0.4, -0.2) is 24.6 Å². The van der Waals surface area contributed by atoms with Crippen LogP contribution in [0.25, 0.3) is 0 Å². The molecule has 0 aliphatic rings. The number of aromatic carboxylic acids is 1. The van der Waals surface area contributed by atoms with Crippen LogP contribution >= 0.6 is 11.3 Å². The average Bonchev–Trinajstić information content (AvgIpc) is 2.92. The minimum Gasteiger partial charge on any atom is -0.507 e. The van der Waals surface area contributed by atoms with Crippen LogP contribution in [0, 0.1) is 0 Å². The summed E-state index contributed by atoms with van der Waals surface area (Å²) in [6.45, 7) is 1.69. The summed E-state index contributed by atoms with van der Waals surface area (Å²) in [6.07, 6.45) is 0. The van der Waals surface area contributed by atoms with Gasteiger partial charge in [-0.25, -0.2) is 17.9 Å². The third-order valence-corrected chi connectivity index (χ3v) is 5.12. The Morgan fingerprint density at radius 1 is 1.33 bits per heavy atom. The fourth-order valence-electron chi connectivity index (χ4n) is 1.74. The van der Waals surface area contributed by atoms with E-state index in [0.29, 0.717) is 0 Å². The maximum atomic E-state index is 12.2. The largest absolute Gasteiger partial charge is 0.507 e. The highest BCUT2D eigenvalue weighted by Gasteiger charge is 2.21. The lowest BCUT2D eigenvalue weighted by molar-refractivity contribution is 0.0693. The zero-order valence-electron chi connectivity index (χ0n) is 11.0. The van der Waals surface area contributed by atoms with Gasteiger partial charge in [-0.3, -0.25) is 0 Å². The first-order valence-corrected chi connectivity index (χ1v) is 8.34. The number of carbonyl (C=O) groups is 1. The molecule has 0 saturated heterocycles. The summed E-state index contributed by atoms with van der Waals surface area (Å²) in [5.41, 5.74) is 0.363. The van der Waals surface area contributed by atoms with E-state index in [4.69, 9.17) is 5.11 Å². The van der Waals surface area contributed by atoms with Crippen molar-refractivity contribution in [2.75, 3.05) is 0 Å². The molecule has 0 aliphatic heterocycles. The number of carboxylic acid groups (broad SMARTS) is 1. The first kappa shape index (κ1) is 15.5. The summed E-state index contributed by atoms with van der Waals surface area (Å²) in [4.78, 5) is 10.7. The molecule has 1 aromatic heterocycles. The molecule has 1 atom stereocenters. The van der Waals surface area contributed by atoms with Gasteiger partial charge in [-0.1, -0.05) is 0 Å². The van der Waals surface area contributed by atoms with Gasteiger partial charge < -0.3 is 10.2 Å². The Hall–Kier alpha value is -1.90. The lowest BCUT2D eigenvalue weighted by Crippen LogP contribution is -2.26. The molecule has 6 nitrogen and oxygen atoms in total. The lowest BCUT2D eigenvalue weighted by atomic mass is 10.2. The minimum absolute atomic E-state index is 0.209. The van der Waals surface area contributed by atoms with Crippen molar-refractivity contribution in [2.24, 2.45) is 0 Å². The monoisotopic (exact) mass is 327 g/mol. The smallest absolute Gasteiger partial charge is 0.339 e. The number of hydrogen-bond donors (Lipinski definition) is 3. The SMILES string of the molecule is CC(NS(=O)(=O)c1ccc(O)c(C(=O)O)c1)c1ccsc1. The first-order chi connectivity index (χ1) is 9.81. The van der Waals surface area contributed by atoms with Crippen molar-refractivity contribution in [1.82, 2.24) is 4.72 Å². The maximum Gasteiger partial charge on any atom is 0.339 e. The van der Waals surface area contributed by atoms with Gasteiger partial charge >= 0.3 is 5.97 Å². The van der Waals surface area contributed by atoms with Gasteiger partial charge in [-0.05, 0) is 47.5 Å². The van der Waals surface area contributed by atoms with Crippen LogP contribution < -0.4 is 4.72 Å². The van der Waals surface area contributed by atoms with Gasteiger partial charge in [-0.15, -0.1) is 0 Å². The van der Waals surface area contributed by atoms with Crippen molar-refractivity contribution >= 4 is 27.3 Å². The standard InChI is InChI=1S/C13H13NO5S2/c1-8(9-4-5-20-7-9)14-21(18,19)10-2-3-12(15)11(6-10)13(16)17/h2-8,14-15H,1H3,(H,16,17). The fourth-order valence-corrected chi connectivity index (χ4v) is 3.76. The molecular formula is C13H13NO5S2. The van der Waals surface area contributed by atoms with Gasteiger partial charge in [-0.2, -0.15) is 11.3 Å². The average molecular weight is 327 g/mol. The molecule has 0 saturated carbocycles. The molecule has 1 heterocycles. The number of hydrogen-bond acceptors (Lipinski definition) is 5. The number of sulfonamides is 1. The topological polar surface area (TPSA) is 104 Å². The summed E-state index contributed by atoms with van der Waals surface area (Å²) in [5.74, 6) is -1.87. The van der Waals surface area contributed by atoms with Crippen molar-refractivity contribution in [2.45, 2.75) is 17.9 Å². The molecule has 3 N–H and O–H groups in total. The molecule has 1 aromatic carbocycles. The van der Waals surface area contributed by atoms with E-state index in [2.05, 4.69) is 4.72 Å². The van der Waals surface area contributed by atoms with Crippen LogP contribution in [0.4, 0.5) is 0 Å². The highest BCUT2D eigenvalue weighted by Crippen LogP contribution is 2.23. The van der Waals surface area contributed by atoms with Crippen molar-refractivity contribution in [3.05, 3.63) is 46.2 Å². The molecule has 0 spiro atoms. The minimum atomic E-state index is -3.88. The van der Waals surface area contributed by atoms with Crippen LogP contribution in [0.15, 0.2) is 39.9 Å². The Labute approximate surface area is 125 Å². The molecule has 0 amide bonds. The maximum absolute atomic E-state index is 12.2. The Bertz CT molecular complexity index is 753. The number of rotatable bonds is 5. The predicted octanol–water partition coefficient (Wildman–Crippen LogP) is 2.19. The van der Waals surface area contributed by atoms with E-state index in [1.54, 1.807) is 13.0 Å². The second-order valence-corrected chi connectivity index (χ2v) is 6.88. The van der Waals surface area contributed by atoms with Crippen LogP contribution in [0.5, 0.6) is 5.75 Å². The quantitative estimate of drug-likeness (QED) is 0.781. The second kappa shape index (κ2) is 5.84. The third kappa shape index (κ3) is 3.41. The van der Waals surface area contributed by atoms with E-state index in [0.717, 1.165) is 23.8 Å². The number of aromatic hydroxyl groups is 1. The van der Waals surface area contributed by atoms with Gasteiger partial charge in [0, 0.05) is 6.04 Å². The number of benzene rings is 1. The molecule has 1 unspecified atom stereocenters. The second-order valence-electron chi connectivity index (χ2n) is 4.38. The first-order valence-electron chi connectivity index (χ1n) is 5.92. The number of thiophene rings is 1. The Balaban J connectivity index is 2.32. The Kier molecular flexibility index (Phi) is 4.31. The van der Waals surface area contributed by atoms with E-state index in [1.807, 2.05) is 10.8 Å². The molecule has 0 radical (unpaired) electrons. The zero-order chi connectivity index (χ0) is 15.6. The van der Waals surface area contributed by atoms with Gasteiger partial charge in [0.2, 0.25) is 10.0 Å². The van der Waals surface area contributed by atoms with Crippen LogP contribution in [0.2, 0.25) is 0 Å². The zero-order valence-corrected chi connectivity index (χ0v) is 12.6. The van der Waals surface area contributed by atoms with E-state index >= 15 is 0 Å². The number of phenols is 1. The fraction of sp³-hybridized carbons (Fsp3) is 0.154. The molecule has 0 aliphatic carbocycles. The van der Waals surface area contributed by atoms with E-state index in [9.17, 15) is 18.3 Å². The Morgan fingerprint density at radius 3 is 2.62 bits per heavy atom. The van der Waals surface area contributed by atoms with Crippen LogP contribution in [0.1, 0.15) is 28.9 Å². The normalized spacial score (nSPS) is 13.0. The predicted molar refractivity (Wildman–Crippen MR) is 78.1 cm³/mol. The van der Waals surface area contributed by atoms with Crippen molar-refractivity contribution in [3.63, 3.8) is 0 Å². The molecule has 0 fully saturated rings. The number of carboxylic acids is 1. The van der Waals surface area contributed by atoms with Crippen molar-refractivity contribution < 1.29 is 23.4 Å². The molecule has 21 heavy (non-hydrogen) atoms. The lowest BCUT2D eigenvalue weighted by Gasteiger charge is -2.13. The van der Waals surface area contributed by atoms with Gasteiger partial charge in [0.1, 0.15) is 11.3 Å². The van der Waals surface area contributed by atoms with E-state index in [-0.39, 0.29) is 4.90 Å². The molecule has 2 rings (SSSR count). The van der Waals surface area contributed by atoms with E-state index in [1.165, 1.54) is 11.3 Å². The van der Waals surface area contributed by atoms with Gasteiger partial charge in [0.15, 0.2) is 0 Å². The number of nitrogens with one attached hydrogen (secondary N) is 1. The van der Waals surface area contributed by atoms with Gasteiger partial charge in [0.05, 0.1) is 4.90 Å².